The van der Waals surface area contributed by atoms with E-state index >= 15 is 0 Å². The molecule has 0 spiro atoms. The van der Waals surface area contributed by atoms with Crippen LogP contribution < -0.4 is 10.2 Å². The van der Waals surface area contributed by atoms with E-state index in [2.05, 4.69) is 5.32 Å². The number of hydrogen-bond donors (Lipinski definition) is 1. The minimum atomic E-state index is -0.446. The summed E-state index contributed by atoms with van der Waals surface area (Å²) in [6.45, 7) is 0.594. The molecule has 0 atom stereocenters. The van der Waals surface area contributed by atoms with E-state index in [4.69, 9.17) is 4.42 Å². The molecule has 1 aliphatic rings. The van der Waals surface area contributed by atoms with Crippen molar-refractivity contribution in [2.75, 3.05) is 11.4 Å². The molecular formula is C20H16N2O3S. The van der Waals surface area contributed by atoms with Crippen molar-refractivity contribution in [3.05, 3.63) is 82.1 Å². The molecule has 0 aliphatic carbocycles. The summed E-state index contributed by atoms with van der Waals surface area (Å²) >= 11 is 1.50. The van der Waals surface area contributed by atoms with Crippen LogP contribution in [0.15, 0.2) is 70.3 Å². The van der Waals surface area contributed by atoms with Gasteiger partial charge in [-0.3, -0.25) is 9.59 Å². The van der Waals surface area contributed by atoms with E-state index in [9.17, 15) is 9.59 Å². The number of para-hydroxylation sites is 1. The summed E-state index contributed by atoms with van der Waals surface area (Å²) in [5.41, 5.74) is 2.25. The number of thiophene rings is 1. The monoisotopic (exact) mass is 364 g/mol. The minimum Gasteiger partial charge on any atom is -0.459 e. The van der Waals surface area contributed by atoms with Crippen molar-refractivity contribution in [2.45, 2.75) is 6.42 Å². The maximum absolute atomic E-state index is 13.2. The van der Waals surface area contributed by atoms with Gasteiger partial charge in [0, 0.05) is 17.1 Å². The van der Waals surface area contributed by atoms with Crippen LogP contribution in [0.3, 0.4) is 0 Å². The summed E-state index contributed by atoms with van der Waals surface area (Å²) in [4.78, 5) is 28.1. The highest BCUT2D eigenvalue weighted by Crippen LogP contribution is 2.29. The molecule has 3 aromatic rings. The second-order valence-corrected chi connectivity index (χ2v) is 6.82. The molecule has 2 aromatic heterocycles. The number of fused-ring (bicyclic) bond motifs is 1. The third-order valence-electron chi connectivity index (χ3n) is 4.19. The first-order valence-electron chi connectivity index (χ1n) is 8.22. The van der Waals surface area contributed by atoms with Crippen molar-refractivity contribution < 1.29 is 14.0 Å². The predicted octanol–water partition coefficient (Wildman–Crippen LogP) is 3.70. The normalized spacial score (nSPS) is 13.5. The van der Waals surface area contributed by atoms with E-state index in [1.54, 1.807) is 23.1 Å². The Labute approximate surface area is 154 Å². The number of nitrogens with one attached hydrogen (secondary N) is 1. The third kappa shape index (κ3) is 3.19. The Morgan fingerprint density at radius 2 is 2.00 bits per heavy atom. The van der Waals surface area contributed by atoms with Gasteiger partial charge in [-0.25, -0.2) is 0 Å². The average Bonchev–Trinajstić information content (AvgIpc) is 3.40. The molecule has 0 unspecified atom stereocenters. The summed E-state index contributed by atoms with van der Waals surface area (Å²) in [6.07, 6.45) is 3.94. The predicted molar refractivity (Wildman–Crippen MR) is 101 cm³/mol. The second-order valence-electron chi connectivity index (χ2n) is 5.84. The highest BCUT2D eigenvalue weighted by Gasteiger charge is 2.28. The van der Waals surface area contributed by atoms with E-state index in [0.29, 0.717) is 6.54 Å². The minimum absolute atomic E-state index is 0.164. The van der Waals surface area contributed by atoms with Crippen LogP contribution in [0.2, 0.25) is 0 Å². The van der Waals surface area contributed by atoms with Gasteiger partial charge in [-0.05, 0) is 47.7 Å². The van der Waals surface area contributed by atoms with Gasteiger partial charge in [0.15, 0.2) is 5.76 Å². The molecular weight excluding hydrogens is 348 g/mol. The van der Waals surface area contributed by atoms with Crippen LogP contribution in [0, 0.1) is 0 Å². The van der Waals surface area contributed by atoms with Crippen LogP contribution >= 0.6 is 11.3 Å². The van der Waals surface area contributed by atoms with Gasteiger partial charge in [0.25, 0.3) is 11.8 Å². The van der Waals surface area contributed by atoms with E-state index in [-0.39, 0.29) is 17.4 Å². The summed E-state index contributed by atoms with van der Waals surface area (Å²) in [5, 5.41) is 4.63. The standard InChI is InChI=1S/C20H16N2O3S/c23-19(18-8-3-11-25-18)21-16(13-15-6-4-12-26-15)20(24)22-10-9-14-5-1-2-7-17(14)22/h1-8,11-13H,9-10H2,(H,21,23). The maximum Gasteiger partial charge on any atom is 0.291 e. The van der Waals surface area contributed by atoms with Gasteiger partial charge in [0.1, 0.15) is 5.70 Å². The fraction of sp³-hybridized carbons (Fsp3) is 0.100. The molecule has 2 amide bonds. The molecule has 0 saturated heterocycles. The lowest BCUT2D eigenvalue weighted by molar-refractivity contribution is -0.115. The van der Waals surface area contributed by atoms with Crippen LogP contribution in [-0.4, -0.2) is 18.4 Å². The molecule has 1 aliphatic heterocycles. The molecule has 4 rings (SSSR count). The third-order valence-corrected chi connectivity index (χ3v) is 5.00. The number of hydrogen-bond acceptors (Lipinski definition) is 4. The first kappa shape index (κ1) is 16.4. The van der Waals surface area contributed by atoms with Crippen molar-refractivity contribution in [1.29, 1.82) is 0 Å². The maximum atomic E-state index is 13.2. The Hall–Kier alpha value is -3.12. The van der Waals surface area contributed by atoms with Crippen LogP contribution in [0.4, 0.5) is 5.69 Å². The van der Waals surface area contributed by atoms with Crippen molar-refractivity contribution in [2.24, 2.45) is 0 Å². The number of furan rings is 1. The SMILES string of the molecule is O=C(NC(=Cc1cccs1)C(=O)N1CCc2ccccc21)c1ccco1. The Morgan fingerprint density at radius 3 is 2.77 bits per heavy atom. The van der Waals surface area contributed by atoms with Crippen LogP contribution in [0.25, 0.3) is 6.08 Å². The molecule has 130 valence electrons. The zero-order valence-electron chi connectivity index (χ0n) is 13.8. The molecule has 0 fully saturated rings. The summed E-state index contributed by atoms with van der Waals surface area (Å²) < 4.78 is 5.13. The number of rotatable bonds is 4. The van der Waals surface area contributed by atoms with E-state index in [1.165, 1.54) is 17.6 Å². The topological polar surface area (TPSA) is 62.6 Å². The summed E-state index contributed by atoms with van der Waals surface area (Å²) in [5.74, 6) is -0.515. The fourth-order valence-corrected chi connectivity index (χ4v) is 3.61. The van der Waals surface area contributed by atoms with Gasteiger partial charge in [-0.15, -0.1) is 11.3 Å². The Kier molecular flexibility index (Phi) is 4.41. The molecule has 0 bridgehead atoms. The number of carbonyl (C=O) groups excluding carboxylic acids is 2. The summed E-state index contributed by atoms with van der Waals surface area (Å²) in [7, 11) is 0. The zero-order chi connectivity index (χ0) is 17.9. The smallest absolute Gasteiger partial charge is 0.291 e. The molecule has 5 nitrogen and oxygen atoms in total. The number of benzene rings is 1. The van der Waals surface area contributed by atoms with Crippen LogP contribution in [0.5, 0.6) is 0 Å². The molecule has 26 heavy (non-hydrogen) atoms. The van der Waals surface area contributed by atoms with E-state index in [1.807, 2.05) is 41.8 Å². The van der Waals surface area contributed by atoms with E-state index in [0.717, 1.165) is 22.5 Å². The van der Waals surface area contributed by atoms with E-state index < -0.39 is 5.91 Å². The van der Waals surface area contributed by atoms with Crippen LogP contribution in [0.1, 0.15) is 21.0 Å². The Balaban J connectivity index is 1.65. The largest absolute Gasteiger partial charge is 0.459 e. The van der Waals surface area contributed by atoms with Gasteiger partial charge in [0.05, 0.1) is 6.26 Å². The number of anilines is 1. The van der Waals surface area contributed by atoms with Crippen molar-refractivity contribution >= 4 is 34.9 Å². The Bertz CT molecular complexity index is 959. The Morgan fingerprint density at radius 1 is 1.12 bits per heavy atom. The molecule has 0 radical (unpaired) electrons. The quantitative estimate of drug-likeness (QED) is 0.718. The van der Waals surface area contributed by atoms with Gasteiger partial charge < -0.3 is 14.6 Å². The van der Waals surface area contributed by atoms with Gasteiger partial charge in [0.2, 0.25) is 0 Å². The van der Waals surface area contributed by atoms with Gasteiger partial charge >= 0.3 is 0 Å². The fourth-order valence-electron chi connectivity index (χ4n) is 2.95. The van der Waals surface area contributed by atoms with Gasteiger partial charge in [-0.2, -0.15) is 0 Å². The lowest BCUT2D eigenvalue weighted by atomic mass is 10.2. The highest BCUT2D eigenvalue weighted by atomic mass is 32.1. The van der Waals surface area contributed by atoms with Crippen molar-refractivity contribution in [1.82, 2.24) is 5.32 Å². The van der Waals surface area contributed by atoms with Crippen molar-refractivity contribution in [3.8, 4) is 0 Å². The number of carbonyl (C=O) groups is 2. The first-order chi connectivity index (χ1) is 12.7. The average molecular weight is 364 g/mol. The lowest BCUT2D eigenvalue weighted by Crippen LogP contribution is -2.37. The van der Waals surface area contributed by atoms with Gasteiger partial charge in [-0.1, -0.05) is 24.3 Å². The van der Waals surface area contributed by atoms with Crippen LogP contribution in [-0.2, 0) is 11.2 Å². The molecule has 6 heteroatoms. The molecule has 1 aromatic carbocycles. The lowest BCUT2D eigenvalue weighted by Gasteiger charge is -2.19. The number of amides is 2. The summed E-state index contributed by atoms with van der Waals surface area (Å²) in [6, 6.07) is 14.8. The molecule has 3 heterocycles. The van der Waals surface area contributed by atoms with Crippen molar-refractivity contribution in [3.63, 3.8) is 0 Å². The second kappa shape index (κ2) is 7.01. The molecule has 0 saturated carbocycles. The highest BCUT2D eigenvalue weighted by molar-refractivity contribution is 7.10. The molecule has 1 N–H and O–H groups in total. The first-order valence-corrected chi connectivity index (χ1v) is 9.10. The number of nitrogens with zero attached hydrogens (tertiary/aromatic N) is 1. The zero-order valence-corrected chi connectivity index (χ0v) is 14.7.